The van der Waals surface area contributed by atoms with E-state index in [9.17, 15) is 13.2 Å². The van der Waals surface area contributed by atoms with Crippen molar-refractivity contribution >= 4 is 5.69 Å². The number of hydrogen-bond acceptors (Lipinski definition) is 3. The van der Waals surface area contributed by atoms with E-state index in [-0.39, 0.29) is 24.2 Å². The molecule has 30 heavy (non-hydrogen) atoms. The summed E-state index contributed by atoms with van der Waals surface area (Å²) in [5.74, 6) is 0.0936. The first-order valence-corrected chi connectivity index (χ1v) is 10.7. The fourth-order valence-corrected chi connectivity index (χ4v) is 4.88. The van der Waals surface area contributed by atoms with E-state index < -0.39 is 11.7 Å². The Balaban J connectivity index is 1.68. The van der Waals surface area contributed by atoms with Crippen LogP contribution in [-0.4, -0.2) is 31.1 Å². The third-order valence-electron chi connectivity index (χ3n) is 6.25. The lowest BCUT2D eigenvalue weighted by molar-refractivity contribution is -0.138. The maximum absolute atomic E-state index is 13.4. The van der Waals surface area contributed by atoms with Gasteiger partial charge in [0.05, 0.1) is 23.8 Å². The number of rotatable bonds is 5. The number of nitrogens with one attached hydrogen (secondary N) is 1. The Labute approximate surface area is 176 Å². The summed E-state index contributed by atoms with van der Waals surface area (Å²) in [4.78, 5) is 2.24. The van der Waals surface area contributed by atoms with Crippen molar-refractivity contribution in [2.45, 2.75) is 50.6 Å². The Morgan fingerprint density at radius 2 is 1.87 bits per heavy atom. The van der Waals surface area contributed by atoms with E-state index in [2.05, 4.69) is 36.3 Å². The van der Waals surface area contributed by atoms with Crippen LogP contribution in [0.3, 0.4) is 0 Å². The largest absolute Gasteiger partial charge is 0.416 e. The summed E-state index contributed by atoms with van der Waals surface area (Å²) in [6, 6.07) is 14.1. The van der Waals surface area contributed by atoms with Gasteiger partial charge < -0.3 is 15.0 Å². The van der Waals surface area contributed by atoms with Crippen LogP contribution in [-0.2, 0) is 10.9 Å². The summed E-state index contributed by atoms with van der Waals surface area (Å²) in [6.07, 6.45) is -1.79. The lowest BCUT2D eigenvalue weighted by Gasteiger charge is -2.46. The number of likely N-dealkylation sites (N-methyl/N-ethyl adjacent to an activating group) is 1. The van der Waals surface area contributed by atoms with Crippen LogP contribution in [0.1, 0.15) is 55.0 Å². The van der Waals surface area contributed by atoms with E-state index in [4.69, 9.17) is 4.74 Å². The minimum atomic E-state index is -4.36. The number of anilines is 1. The summed E-state index contributed by atoms with van der Waals surface area (Å²) in [7, 11) is 2.07. The van der Waals surface area contributed by atoms with Gasteiger partial charge in [-0.2, -0.15) is 13.2 Å². The zero-order valence-electron chi connectivity index (χ0n) is 17.5. The van der Waals surface area contributed by atoms with Crippen molar-refractivity contribution < 1.29 is 17.9 Å². The van der Waals surface area contributed by atoms with Crippen LogP contribution in [0.25, 0.3) is 0 Å². The monoisotopic (exact) mass is 418 g/mol. The van der Waals surface area contributed by atoms with Crippen molar-refractivity contribution in [2.24, 2.45) is 5.92 Å². The van der Waals surface area contributed by atoms with Gasteiger partial charge in [-0.1, -0.05) is 37.3 Å². The number of nitrogens with zero attached hydrogens (tertiary/aromatic N) is 1. The van der Waals surface area contributed by atoms with Gasteiger partial charge in [-0.3, -0.25) is 0 Å². The molecule has 2 heterocycles. The minimum Gasteiger partial charge on any atom is -0.378 e. The van der Waals surface area contributed by atoms with Crippen LogP contribution >= 0.6 is 0 Å². The molecule has 3 nitrogen and oxygen atoms in total. The third-order valence-corrected chi connectivity index (χ3v) is 6.25. The van der Waals surface area contributed by atoms with E-state index >= 15 is 0 Å². The highest BCUT2D eigenvalue weighted by atomic mass is 19.4. The molecule has 0 bridgehead atoms. The maximum atomic E-state index is 13.4. The summed E-state index contributed by atoms with van der Waals surface area (Å²) in [6.45, 7) is 3.92. The van der Waals surface area contributed by atoms with Gasteiger partial charge in [0.15, 0.2) is 0 Å². The highest BCUT2D eigenvalue weighted by Gasteiger charge is 2.43. The molecule has 2 aliphatic rings. The van der Waals surface area contributed by atoms with Crippen molar-refractivity contribution in [2.75, 3.05) is 25.5 Å². The number of fused-ring (bicyclic) bond motifs is 3. The van der Waals surface area contributed by atoms with Gasteiger partial charge in [0.2, 0.25) is 0 Å². The molecule has 2 aliphatic heterocycles. The smallest absolute Gasteiger partial charge is 0.378 e. The molecule has 0 amide bonds. The Bertz CT molecular complexity index is 855. The number of halogens is 3. The van der Waals surface area contributed by atoms with Gasteiger partial charge in [0.1, 0.15) is 0 Å². The van der Waals surface area contributed by atoms with Crippen molar-refractivity contribution in [1.29, 1.82) is 0 Å². The molecule has 1 saturated heterocycles. The second-order valence-electron chi connectivity index (χ2n) is 8.51. The van der Waals surface area contributed by atoms with Gasteiger partial charge >= 0.3 is 6.18 Å². The topological polar surface area (TPSA) is 24.5 Å². The van der Waals surface area contributed by atoms with Crippen LogP contribution in [0.2, 0.25) is 0 Å². The third kappa shape index (κ3) is 4.35. The van der Waals surface area contributed by atoms with E-state index in [1.165, 1.54) is 6.07 Å². The molecule has 4 atom stereocenters. The standard InChI is InChI=1S/C24H29F3N2O/c1-3-13-29(2)15-18-10-11-19-22(16-7-5-4-6-8-16)28-21-12-9-17(24(25,26)27)14-20(21)23(19)30-18/h4-9,12,14,18-19,22-23,28H,3,10-11,13,15H2,1-2H3/t18-,19+,22+,23+/m1/s1. The summed E-state index contributed by atoms with van der Waals surface area (Å²) >= 11 is 0. The SMILES string of the molecule is CCCN(C)C[C@H]1CC[C@@H]2[C@H](O1)c1cc(C(F)(F)F)ccc1N[C@H]2c1ccccc1. The second-order valence-corrected chi connectivity index (χ2v) is 8.51. The summed E-state index contributed by atoms with van der Waals surface area (Å²) < 4.78 is 46.7. The van der Waals surface area contributed by atoms with Gasteiger partial charge in [0, 0.05) is 23.7 Å². The summed E-state index contributed by atoms with van der Waals surface area (Å²) in [5, 5.41) is 3.51. The Morgan fingerprint density at radius 3 is 2.57 bits per heavy atom. The molecule has 0 saturated carbocycles. The van der Waals surface area contributed by atoms with Gasteiger partial charge in [-0.15, -0.1) is 0 Å². The fourth-order valence-electron chi connectivity index (χ4n) is 4.88. The first-order valence-electron chi connectivity index (χ1n) is 10.7. The predicted octanol–water partition coefficient (Wildman–Crippen LogP) is 6.05. The van der Waals surface area contributed by atoms with Crippen LogP contribution in [0.15, 0.2) is 48.5 Å². The van der Waals surface area contributed by atoms with E-state index in [1.54, 1.807) is 6.07 Å². The highest BCUT2D eigenvalue weighted by molar-refractivity contribution is 5.58. The fraction of sp³-hybridized carbons (Fsp3) is 0.500. The molecule has 6 heteroatoms. The molecule has 4 rings (SSSR count). The molecule has 2 aromatic rings. The van der Waals surface area contributed by atoms with Crippen molar-refractivity contribution in [3.63, 3.8) is 0 Å². The number of benzene rings is 2. The quantitative estimate of drug-likeness (QED) is 0.640. The van der Waals surface area contributed by atoms with E-state index in [1.807, 2.05) is 18.2 Å². The normalized spacial score (nSPS) is 26.1. The Kier molecular flexibility index (Phi) is 6.07. The lowest BCUT2D eigenvalue weighted by atomic mass is 9.76. The molecular formula is C24H29F3N2O. The molecule has 0 spiro atoms. The van der Waals surface area contributed by atoms with Crippen molar-refractivity contribution in [3.8, 4) is 0 Å². The number of alkyl halides is 3. The van der Waals surface area contributed by atoms with E-state index in [0.717, 1.165) is 49.7 Å². The molecule has 0 aliphatic carbocycles. The predicted molar refractivity (Wildman–Crippen MR) is 112 cm³/mol. The minimum absolute atomic E-state index is 0.0229. The molecule has 1 fully saturated rings. The molecule has 0 aromatic heterocycles. The second kappa shape index (κ2) is 8.60. The average Bonchev–Trinajstić information content (AvgIpc) is 2.73. The lowest BCUT2D eigenvalue weighted by Crippen LogP contribution is -2.42. The molecule has 0 radical (unpaired) electrons. The first kappa shape index (κ1) is 21.2. The van der Waals surface area contributed by atoms with Crippen LogP contribution in [0.4, 0.5) is 18.9 Å². The van der Waals surface area contributed by atoms with Crippen molar-refractivity contribution in [3.05, 3.63) is 65.2 Å². The molecule has 2 aromatic carbocycles. The van der Waals surface area contributed by atoms with Gasteiger partial charge in [0.25, 0.3) is 0 Å². The number of hydrogen-bond donors (Lipinski definition) is 1. The van der Waals surface area contributed by atoms with Gasteiger partial charge in [-0.25, -0.2) is 0 Å². The van der Waals surface area contributed by atoms with E-state index in [0.29, 0.717) is 5.56 Å². The van der Waals surface area contributed by atoms with Crippen LogP contribution in [0, 0.1) is 5.92 Å². The molecule has 0 unspecified atom stereocenters. The molecule has 162 valence electrons. The Morgan fingerprint density at radius 1 is 1.10 bits per heavy atom. The average molecular weight is 419 g/mol. The van der Waals surface area contributed by atoms with Crippen LogP contribution in [0.5, 0.6) is 0 Å². The zero-order chi connectivity index (χ0) is 21.3. The highest BCUT2D eigenvalue weighted by Crippen LogP contribution is 2.51. The number of ether oxygens (including phenoxy) is 1. The molecule has 1 N–H and O–H groups in total. The molecular weight excluding hydrogens is 389 g/mol. The first-order chi connectivity index (χ1) is 14.4. The summed E-state index contributed by atoms with van der Waals surface area (Å²) in [5.41, 5.74) is 1.89. The van der Waals surface area contributed by atoms with Gasteiger partial charge in [-0.05, 0) is 56.6 Å². The Hall–Kier alpha value is -2.05. The van der Waals surface area contributed by atoms with Crippen molar-refractivity contribution in [1.82, 2.24) is 4.90 Å². The zero-order valence-corrected chi connectivity index (χ0v) is 17.5. The maximum Gasteiger partial charge on any atom is 0.416 e. The van der Waals surface area contributed by atoms with Crippen LogP contribution < -0.4 is 5.32 Å².